The molecule has 0 fully saturated rings. The highest BCUT2D eigenvalue weighted by atomic mass is 32.1. The van der Waals surface area contributed by atoms with Gasteiger partial charge in [-0.1, -0.05) is 24.3 Å². The first-order valence-electron chi connectivity index (χ1n) is 4.90. The molecule has 0 heterocycles. The summed E-state index contributed by atoms with van der Waals surface area (Å²) in [5.41, 5.74) is 1.75. The van der Waals surface area contributed by atoms with Crippen LogP contribution in [0.3, 0.4) is 0 Å². The Bertz CT molecular complexity index is 306. The molecule has 0 aromatic heterocycles. The van der Waals surface area contributed by atoms with Crippen molar-refractivity contribution in [2.75, 3.05) is 12.8 Å². The average Bonchev–Trinajstić information content (AvgIpc) is 2.28. The van der Waals surface area contributed by atoms with Crippen molar-refractivity contribution in [1.29, 1.82) is 0 Å². The van der Waals surface area contributed by atoms with Crippen LogP contribution in [0.4, 0.5) is 0 Å². The highest BCUT2D eigenvalue weighted by molar-refractivity contribution is 7.80. The zero-order chi connectivity index (χ0) is 11.3. The van der Waals surface area contributed by atoms with Gasteiger partial charge < -0.3 is 15.5 Å². The third-order valence-electron chi connectivity index (χ3n) is 2.29. The van der Waals surface area contributed by atoms with Gasteiger partial charge in [0.1, 0.15) is 6.10 Å². The van der Waals surface area contributed by atoms with Crippen molar-refractivity contribution in [3.05, 3.63) is 35.4 Å². The smallest absolute Gasteiger partial charge is 0.106 e. The quantitative estimate of drug-likeness (QED) is 0.561. The van der Waals surface area contributed by atoms with Crippen LogP contribution in [0, 0.1) is 0 Å². The normalized spacial score (nSPS) is 14.9. The van der Waals surface area contributed by atoms with Crippen LogP contribution in [0.2, 0.25) is 0 Å². The van der Waals surface area contributed by atoms with Crippen LogP contribution in [0.25, 0.3) is 0 Å². The molecule has 0 radical (unpaired) electrons. The lowest BCUT2D eigenvalue weighted by molar-refractivity contribution is 0.0331. The Balaban J connectivity index is 2.91. The maximum Gasteiger partial charge on any atom is 0.106 e. The molecule has 0 aliphatic heterocycles. The van der Waals surface area contributed by atoms with Gasteiger partial charge in [-0.2, -0.15) is 12.6 Å². The lowest BCUT2D eigenvalue weighted by atomic mass is 9.99. The first kappa shape index (κ1) is 12.5. The Morgan fingerprint density at radius 2 is 2.00 bits per heavy atom. The van der Waals surface area contributed by atoms with Gasteiger partial charge in [0.2, 0.25) is 0 Å². The van der Waals surface area contributed by atoms with Gasteiger partial charge in [-0.05, 0) is 18.2 Å². The van der Waals surface area contributed by atoms with Crippen molar-refractivity contribution < 1.29 is 10.2 Å². The third-order valence-corrected chi connectivity index (χ3v) is 2.67. The number of benzene rings is 1. The fraction of sp³-hybridized carbons (Fsp3) is 0.455. The Morgan fingerprint density at radius 1 is 1.33 bits per heavy atom. The molecule has 0 saturated heterocycles. The van der Waals surface area contributed by atoms with E-state index < -0.39 is 12.2 Å². The van der Waals surface area contributed by atoms with Crippen molar-refractivity contribution in [3.8, 4) is 0 Å². The predicted molar refractivity (Wildman–Crippen MR) is 64.0 cm³/mol. The number of thiol groups is 1. The molecule has 0 aliphatic carbocycles. The van der Waals surface area contributed by atoms with Gasteiger partial charge in [0.05, 0.1) is 6.10 Å². The minimum Gasteiger partial charge on any atom is -0.389 e. The van der Waals surface area contributed by atoms with Gasteiger partial charge in [-0.25, -0.2) is 0 Å². The summed E-state index contributed by atoms with van der Waals surface area (Å²) in [6.07, 6.45) is -1.70. The zero-order valence-electron chi connectivity index (χ0n) is 8.72. The predicted octanol–water partition coefficient (Wildman–Crippen LogP) is 0.730. The van der Waals surface area contributed by atoms with E-state index in [9.17, 15) is 10.2 Å². The minimum atomic E-state index is -0.868. The fourth-order valence-corrected chi connectivity index (χ4v) is 1.68. The number of hydrogen-bond acceptors (Lipinski definition) is 4. The molecular formula is C11H17NO2S. The van der Waals surface area contributed by atoms with Crippen molar-refractivity contribution in [2.45, 2.75) is 18.8 Å². The van der Waals surface area contributed by atoms with Crippen LogP contribution in [-0.2, 0) is 6.54 Å². The van der Waals surface area contributed by atoms with Crippen LogP contribution in [0.5, 0.6) is 0 Å². The molecule has 0 bridgehead atoms. The standard InChI is InChI=1S/C11H17NO2S/c1-12-6-8-4-2-3-5-9(8)11(14)10(13)7-15/h2-5,10-15H,6-7H2,1H3. The molecular weight excluding hydrogens is 210 g/mol. The molecule has 84 valence electrons. The minimum absolute atomic E-state index is 0.245. The molecule has 1 rings (SSSR count). The molecule has 2 unspecified atom stereocenters. The van der Waals surface area contributed by atoms with Crippen LogP contribution >= 0.6 is 12.6 Å². The van der Waals surface area contributed by atoms with E-state index in [-0.39, 0.29) is 5.75 Å². The highest BCUT2D eigenvalue weighted by Gasteiger charge is 2.18. The van der Waals surface area contributed by atoms with Crippen LogP contribution in [0.1, 0.15) is 17.2 Å². The summed E-state index contributed by atoms with van der Waals surface area (Å²) in [4.78, 5) is 0. The van der Waals surface area contributed by atoms with E-state index in [0.29, 0.717) is 6.54 Å². The summed E-state index contributed by atoms with van der Waals surface area (Å²) in [5.74, 6) is 0.245. The largest absolute Gasteiger partial charge is 0.389 e. The molecule has 3 nitrogen and oxygen atoms in total. The van der Waals surface area contributed by atoms with Crippen molar-refractivity contribution >= 4 is 12.6 Å². The first-order valence-corrected chi connectivity index (χ1v) is 5.53. The zero-order valence-corrected chi connectivity index (χ0v) is 9.61. The molecule has 1 aromatic carbocycles. The second-order valence-corrected chi connectivity index (χ2v) is 3.79. The van der Waals surface area contributed by atoms with Crippen LogP contribution in [0.15, 0.2) is 24.3 Å². The number of aliphatic hydroxyl groups excluding tert-OH is 2. The SMILES string of the molecule is CNCc1ccccc1C(O)C(O)CS. The second-order valence-electron chi connectivity index (χ2n) is 3.42. The van der Waals surface area contributed by atoms with Gasteiger partial charge in [-0.15, -0.1) is 0 Å². The van der Waals surface area contributed by atoms with E-state index in [1.54, 1.807) is 0 Å². The monoisotopic (exact) mass is 227 g/mol. The number of rotatable bonds is 5. The number of nitrogens with one attached hydrogen (secondary N) is 1. The molecule has 15 heavy (non-hydrogen) atoms. The summed E-state index contributed by atoms with van der Waals surface area (Å²) in [6, 6.07) is 7.52. The van der Waals surface area contributed by atoms with Gasteiger partial charge in [0.25, 0.3) is 0 Å². The van der Waals surface area contributed by atoms with E-state index in [0.717, 1.165) is 11.1 Å². The van der Waals surface area contributed by atoms with E-state index in [1.165, 1.54) is 0 Å². The second kappa shape index (κ2) is 6.12. The van der Waals surface area contributed by atoms with Crippen LogP contribution in [-0.4, -0.2) is 29.1 Å². The van der Waals surface area contributed by atoms with Gasteiger partial charge in [-0.3, -0.25) is 0 Å². The first-order chi connectivity index (χ1) is 7.20. The molecule has 0 saturated carbocycles. The lowest BCUT2D eigenvalue weighted by Gasteiger charge is -2.19. The van der Waals surface area contributed by atoms with E-state index in [2.05, 4.69) is 17.9 Å². The Morgan fingerprint density at radius 3 is 2.60 bits per heavy atom. The third kappa shape index (κ3) is 3.21. The summed E-state index contributed by atoms with van der Waals surface area (Å²) in [7, 11) is 1.85. The van der Waals surface area contributed by atoms with E-state index >= 15 is 0 Å². The molecule has 1 aromatic rings. The van der Waals surface area contributed by atoms with Crippen LogP contribution < -0.4 is 5.32 Å². The number of hydrogen-bond donors (Lipinski definition) is 4. The maximum atomic E-state index is 9.87. The summed E-state index contributed by atoms with van der Waals surface area (Å²) in [5, 5.41) is 22.4. The summed E-state index contributed by atoms with van der Waals surface area (Å²) < 4.78 is 0. The summed E-state index contributed by atoms with van der Waals surface area (Å²) in [6.45, 7) is 0.673. The van der Waals surface area contributed by atoms with Crippen molar-refractivity contribution in [2.24, 2.45) is 0 Å². The molecule has 0 aliphatic rings. The fourth-order valence-electron chi connectivity index (χ4n) is 1.48. The molecule has 3 N–H and O–H groups in total. The highest BCUT2D eigenvalue weighted by Crippen LogP contribution is 2.21. The van der Waals surface area contributed by atoms with Crippen molar-refractivity contribution in [1.82, 2.24) is 5.32 Å². The molecule has 2 atom stereocenters. The maximum absolute atomic E-state index is 9.87. The van der Waals surface area contributed by atoms with E-state index in [4.69, 9.17) is 0 Å². The molecule has 0 amide bonds. The Hall–Kier alpha value is -0.550. The Labute approximate surface area is 95.5 Å². The van der Waals surface area contributed by atoms with Gasteiger partial charge >= 0.3 is 0 Å². The molecule has 4 heteroatoms. The number of aliphatic hydroxyl groups is 2. The van der Waals surface area contributed by atoms with Crippen molar-refractivity contribution in [3.63, 3.8) is 0 Å². The van der Waals surface area contributed by atoms with E-state index in [1.807, 2.05) is 31.3 Å². The average molecular weight is 227 g/mol. The van der Waals surface area contributed by atoms with Gasteiger partial charge in [0.15, 0.2) is 0 Å². The lowest BCUT2D eigenvalue weighted by Crippen LogP contribution is -2.22. The molecule has 0 spiro atoms. The van der Waals surface area contributed by atoms with Gasteiger partial charge in [0, 0.05) is 12.3 Å². The Kier molecular flexibility index (Phi) is 5.11. The summed E-state index contributed by atoms with van der Waals surface area (Å²) >= 11 is 3.97. The topological polar surface area (TPSA) is 52.5 Å².